The van der Waals surface area contributed by atoms with Crippen molar-refractivity contribution in [1.82, 2.24) is 4.90 Å². The van der Waals surface area contributed by atoms with E-state index in [4.69, 9.17) is 5.11 Å². The van der Waals surface area contributed by atoms with Crippen LogP contribution in [0.25, 0.3) is 0 Å². The number of aliphatic hydroxyl groups is 1. The summed E-state index contributed by atoms with van der Waals surface area (Å²) in [5.74, 6) is 6.75. The second kappa shape index (κ2) is 9.58. The second-order valence-corrected chi connectivity index (χ2v) is 5.31. The molecular weight excluding hydrogens is 246 g/mol. The standard InChI is InChI=1S/C18H27NO/c1-4-16(3)14-19(5-2)15-18-11-9-17(10-12-18)8-6-7-13-20/h9-12,16,20H,4-5,7,13-15H2,1-3H3. The van der Waals surface area contributed by atoms with E-state index >= 15 is 0 Å². The SMILES string of the molecule is CCC(C)CN(CC)Cc1ccc(C#CCCO)cc1. The first-order valence-electron chi connectivity index (χ1n) is 7.60. The van der Waals surface area contributed by atoms with Crippen molar-refractivity contribution in [2.24, 2.45) is 5.92 Å². The smallest absolute Gasteiger partial charge is 0.0540 e. The fraction of sp³-hybridized carbons (Fsp3) is 0.556. The van der Waals surface area contributed by atoms with Gasteiger partial charge in [-0.1, -0.05) is 51.2 Å². The Morgan fingerprint density at radius 3 is 2.45 bits per heavy atom. The van der Waals surface area contributed by atoms with E-state index in [0.29, 0.717) is 6.42 Å². The molecule has 0 saturated heterocycles. The van der Waals surface area contributed by atoms with Crippen LogP contribution < -0.4 is 0 Å². The van der Waals surface area contributed by atoms with Gasteiger partial charge in [-0.05, 0) is 30.2 Å². The first kappa shape index (κ1) is 16.8. The molecule has 0 amide bonds. The van der Waals surface area contributed by atoms with Crippen LogP contribution in [-0.4, -0.2) is 29.7 Å². The van der Waals surface area contributed by atoms with Crippen LogP contribution in [0.2, 0.25) is 0 Å². The lowest BCUT2D eigenvalue weighted by atomic mass is 10.1. The lowest BCUT2D eigenvalue weighted by Gasteiger charge is -2.23. The van der Waals surface area contributed by atoms with Crippen molar-refractivity contribution < 1.29 is 5.11 Å². The van der Waals surface area contributed by atoms with Gasteiger partial charge in [0.05, 0.1) is 6.61 Å². The Kier molecular flexibility index (Phi) is 8.02. The minimum Gasteiger partial charge on any atom is -0.395 e. The van der Waals surface area contributed by atoms with E-state index in [2.05, 4.69) is 61.8 Å². The van der Waals surface area contributed by atoms with Gasteiger partial charge < -0.3 is 5.11 Å². The molecule has 1 atom stereocenters. The van der Waals surface area contributed by atoms with Crippen LogP contribution in [0.1, 0.15) is 44.7 Å². The van der Waals surface area contributed by atoms with Crippen molar-refractivity contribution in [2.75, 3.05) is 19.7 Å². The van der Waals surface area contributed by atoms with Crippen molar-refractivity contribution in [3.05, 3.63) is 35.4 Å². The summed E-state index contributed by atoms with van der Waals surface area (Å²) in [6.45, 7) is 10.2. The molecule has 0 fully saturated rings. The maximum Gasteiger partial charge on any atom is 0.0540 e. The van der Waals surface area contributed by atoms with Gasteiger partial charge in [0.25, 0.3) is 0 Å². The molecule has 0 radical (unpaired) electrons. The summed E-state index contributed by atoms with van der Waals surface area (Å²) >= 11 is 0. The van der Waals surface area contributed by atoms with E-state index in [0.717, 1.165) is 31.1 Å². The number of nitrogens with zero attached hydrogens (tertiary/aromatic N) is 1. The molecule has 1 aromatic rings. The van der Waals surface area contributed by atoms with E-state index in [9.17, 15) is 0 Å². The zero-order valence-corrected chi connectivity index (χ0v) is 13.0. The Hall–Kier alpha value is -1.30. The Labute approximate surface area is 123 Å². The Bertz CT molecular complexity index is 427. The number of hydrogen-bond donors (Lipinski definition) is 1. The molecule has 0 saturated carbocycles. The molecule has 0 aliphatic carbocycles. The normalized spacial score (nSPS) is 12.1. The van der Waals surface area contributed by atoms with Crippen LogP contribution in [0.4, 0.5) is 0 Å². The molecule has 1 N–H and O–H groups in total. The van der Waals surface area contributed by atoms with Crippen molar-refractivity contribution in [3.63, 3.8) is 0 Å². The van der Waals surface area contributed by atoms with Crippen LogP contribution in [0.15, 0.2) is 24.3 Å². The van der Waals surface area contributed by atoms with E-state index in [1.807, 2.05) is 0 Å². The molecule has 2 heteroatoms. The number of aliphatic hydroxyl groups excluding tert-OH is 1. The average molecular weight is 273 g/mol. The average Bonchev–Trinajstić information content (AvgIpc) is 2.48. The van der Waals surface area contributed by atoms with Crippen molar-refractivity contribution >= 4 is 0 Å². The summed E-state index contributed by atoms with van der Waals surface area (Å²) in [6.07, 6.45) is 1.77. The Balaban J connectivity index is 2.57. The van der Waals surface area contributed by atoms with Crippen LogP contribution in [0.3, 0.4) is 0 Å². The fourth-order valence-corrected chi connectivity index (χ4v) is 2.05. The van der Waals surface area contributed by atoms with Crippen LogP contribution in [0.5, 0.6) is 0 Å². The van der Waals surface area contributed by atoms with Gasteiger partial charge in [0.2, 0.25) is 0 Å². The third kappa shape index (κ3) is 6.23. The van der Waals surface area contributed by atoms with Gasteiger partial charge in [-0.2, -0.15) is 0 Å². The molecule has 0 aliphatic heterocycles. The van der Waals surface area contributed by atoms with Gasteiger partial charge in [0.1, 0.15) is 0 Å². The third-order valence-corrected chi connectivity index (χ3v) is 3.54. The first-order chi connectivity index (χ1) is 9.69. The van der Waals surface area contributed by atoms with Gasteiger partial charge in [-0.3, -0.25) is 4.90 Å². The van der Waals surface area contributed by atoms with Gasteiger partial charge >= 0.3 is 0 Å². The molecule has 2 nitrogen and oxygen atoms in total. The molecule has 0 heterocycles. The molecule has 0 bridgehead atoms. The van der Waals surface area contributed by atoms with Crippen molar-refractivity contribution in [3.8, 4) is 11.8 Å². The Morgan fingerprint density at radius 2 is 1.90 bits per heavy atom. The van der Waals surface area contributed by atoms with Gasteiger partial charge in [0, 0.05) is 25.1 Å². The minimum absolute atomic E-state index is 0.131. The molecule has 1 rings (SSSR count). The van der Waals surface area contributed by atoms with Crippen molar-refractivity contribution in [1.29, 1.82) is 0 Å². The quantitative estimate of drug-likeness (QED) is 0.771. The summed E-state index contributed by atoms with van der Waals surface area (Å²) in [6, 6.07) is 8.44. The van der Waals surface area contributed by atoms with Gasteiger partial charge in [-0.15, -0.1) is 0 Å². The van der Waals surface area contributed by atoms with Crippen LogP contribution in [0, 0.1) is 17.8 Å². The summed E-state index contributed by atoms with van der Waals surface area (Å²) in [5.41, 5.74) is 2.36. The van der Waals surface area contributed by atoms with Gasteiger partial charge in [0.15, 0.2) is 0 Å². The largest absolute Gasteiger partial charge is 0.395 e. The topological polar surface area (TPSA) is 23.5 Å². The lowest BCUT2D eigenvalue weighted by Crippen LogP contribution is -2.27. The van der Waals surface area contributed by atoms with Crippen molar-refractivity contribution in [2.45, 2.75) is 40.2 Å². The predicted octanol–water partition coefficient (Wildman–Crippen LogP) is 3.29. The summed E-state index contributed by atoms with van der Waals surface area (Å²) in [4.78, 5) is 2.49. The highest BCUT2D eigenvalue weighted by Gasteiger charge is 2.07. The molecule has 110 valence electrons. The van der Waals surface area contributed by atoms with E-state index in [-0.39, 0.29) is 6.61 Å². The summed E-state index contributed by atoms with van der Waals surface area (Å²) < 4.78 is 0. The molecular formula is C18H27NO. The highest BCUT2D eigenvalue weighted by atomic mass is 16.2. The monoisotopic (exact) mass is 273 g/mol. The second-order valence-electron chi connectivity index (χ2n) is 5.31. The maximum atomic E-state index is 8.70. The molecule has 20 heavy (non-hydrogen) atoms. The van der Waals surface area contributed by atoms with Gasteiger partial charge in [-0.25, -0.2) is 0 Å². The fourth-order valence-electron chi connectivity index (χ4n) is 2.05. The van der Waals surface area contributed by atoms with E-state index in [1.165, 1.54) is 12.0 Å². The van der Waals surface area contributed by atoms with E-state index in [1.54, 1.807) is 0 Å². The number of benzene rings is 1. The lowest BCUT2D eigenvalue weighted by molar-refractivity contribution is 0.238. The zero-order chi connectivity index (χ0) is 14.8. The third-order valence-electron chi connectivity index (χ3n) is 3.54. The highest BCUT2D eigenvalue weighted by molar-refractivity contribution is 5.36. The van der Waals surface area contributed by atoms with E-state index < -0.39 is 0 Å². The minimum atomic E-state index is 0.131. The molecule has 0 aromatic heterocycles. The number of hydrogen-bond acceptors (Lipinski definition) is 2. The summed E-state index contributed by atoms with van der Waals surface area (Å²) in [5, 5.41) is 8.70. The molecule has 0 spiro atoms. The highest BCUT2D eigenvalue weighted by Crippen LogP contribution is 2.10. The molecule has 1 aromatic carbocycles. The first-order valence-corrected chi connectivity index (χ1v) is 7.60. The number of rotatable bonds is 7. The Morgan fingerprint density at radius 1 is 1.20 bits per heavy atom. The van der Waals surface area contributed by atoms with Crippen LogP contribution >= 0.6 is 0 Å². The maximum absolute atomic E-state index is 8.70. The predicted molar refractivity (Wildman–Crippen MR) is 85.4 cm³/mol. The zero-order valence-electron chi connectivity index (χ0n) is 13.0. The molecule has 1 unspecified atom stereocenters. The molecule has 0 aliphatic rings. The summed E-state index contributed by atoms with van der Waals surface area (Å²) in [7, 11) is 0. The van der Waals surface area contributed by atoms with Crippen LogP contribution in [-0.2, 0) is 6.54 Å².